The van der Waals surface area contributed by atoms with Crippen molar-refractivity contribution >= 4 is 17.7 Å². The van der Waals surface area contributed by atoms with Gasteiger partial charge in [-0.2, -0.15) is 0 Å². The fraction of sp³-hybridized carbons (Fsp3) is 0.786. The molecule has 8 nitrogen and oxygen atoms in total. The average molecular weight is 314 g/mol. The van der Waals surface area contributed by atoms with E-state index in [0.29, 0.717) is 26.3 Å². The summed E-state index contributed by atoms with van der Waals surface area (Å²) < 4.78 is 5.44. The van der Waals surface area contributed by atoms with Gasteiger partial charge in [-0.15, -0.1) is 0 Å². The largest absolute Gasteiger partial charge is 0.381 e. The van der Waals surface area contributed by atoms with Crippen LogP contribution in [0.1, 0.15) is 19.8 Å². The zero-order valence-corrected chi connectivity index (χ0v) is 13.3. The number of rotatable bonds is 0. The molecule has 0 aromatic carbocycles. The van der Waals surface area contributed by atoms with Crippen molar-refractivity contribution in [2.45, 2.75) is 25.8 Å². The number of nitrogens with one attached hydrogen (secondary N) is 3. The number of hydrogen-bond donors (Lipinski definition) is 3. The van der Waals surface area contributed by atoms with Gasteiger partial charge in [0.1, 0.15) is 0 Å². The summed E-state index contributed by atoms with van der Waals surface area (Å²) in [5.41, 5.74) is 0. The molecule has 1 rings (SSSR count). The highest BCUT2D eigenvalue weighted by Gasteiger charge is 2.19. The first-order valence-corrected chi connectivity index (χ1v) is 7.60. The Balaban J connectivity index is 2.52. The van der Waals surface area contributed by atoms with Crippen molar-refractivity contribution in [3.8, 4) is 0 Å². The summed E-state index contributed by atoms with van der Waals surface area (Å²) in [5.74, 6) is -0.766. The fourth-order valence-electron chi connectivity index (χ4n) is 2.01. The van der Waals surface area contributed by atoms with E-state index >= 15 is 0 Å². The highest BCUT2D eigenvalue weighted by Crippen LogP contribution is 1.93. The summed E-state index contributed by atoms with van der Waals surface area (Å²) in [6.07, 6.45) is 1.53. The quantitative estimate of drug-likeness (QED) is 0.503. The summed E-state index contributed by atoms with van der Waals surface area (Å²) in [6.45, 7) is 3.98. The van der Waals surface area contributed by atoms with Crippen molar-refractivity contribution in [1.29, 1.82) is 0 Å². The number of carbonyl (C=O) groups is 3. The molecule has 0 aromatic rings. The standard InChI is InChI=1S/C14H26N4O4/c1-11-14(21)18(2)10-13(20)17-9-12(19)16-6-4-8-22-7-3-5-15-11/h11,15H,3-10H2,1-2H3,(H,16,19)(H,17,20). The molecule has 1 heterocycles. The number of amides is 3. The van der Waals surface area contributed by atoms with Gasteiger partial charge in [0.2, 0.25) is 17.7 Å². The fourth-order valence-corrected chi connectivity index (χ4v) is 2.01. The maximum Gasteiger partial charge on any atom is 0.240 e. The van der Waals surface area contributed by atoms with Crippen LogP contribution in [0.25, 0.3) is 0 Å². The minimum atomic E-state index is -0.364. The van der Waals surface area contributed by atoms with Crippen LogP contribution in [-0.2, 0) is 19.1 Å². The lowest BCUT2D eigenvalue weighted by Gasteiger charge is -2.21. The second kappa shape index (κ2) is 10.1. The van der Waals surface area contributed by atoms with Gasteiger partial charge in [0.05, 0.1) is 19.1 Å². The molecule has 1 unspecified atom stereocenters. The Morgan fingerprint density at radius 3 is 2.45 bits per heavy atom. The van der Waals surface area contributed by atoms with E-state index < -0.39 is 0 Å². The van der Waals surface area contributed by atoms with Crippen molar-refractivity contribution in [2.24, 2.45) is 0 Å². The number of nitrogens with zero attached hydrogens (tertiary/aromatic N) is 1. The first kappa shape index (κ1) is 18.4. The van der Waals surface area contributed by atoms with Crippen molar-refractivity contribution in [1.82, 2.24) is 20.9 Å². The van der Waals surface area contributed by atoms with E-state index in [-0.39, 0.29) is 36.9 Å². The van der Waals surface area contributed by atoms with Gasteiger partial charge in [0, 0.05) is 26.8 Å². The molecule has 0 saturated carbocycles. The predicted molar refractivity (Wildman–Crippen MR) is 81.2 cm³/mol. The van der Waals surface area contributed by atoms with Crippen LogP contribution in [0.5, 0.6) is 0 Å². The van der Waals surface area contributed by atoms with Crippen LogP contribution in [-0.4, -0.2) is 75.1 Å². The Bertz CT molecular complexity index is 389. The molecule has 126 valence electrons. The molecule has 0 aromatic heterocycles. The van der Waals surface area contributed by atoms with E-state index in [1.807, 2.05) is 0 Å². The Hall–Kier alpha value is -1.67. The van der Waals surface area contributed by atoms with Crippen LogP contribution in [0, 0.1) is 0 Å². The second-order valence-electron chi connectivity index (χ2n) is 5.32. The van der Waals surface area contributed by atoms with Crippen molar-refractivity contribution < 1.29 is 19.1 Å². The second-order valence-corrected chi connectivity index (χ2v) is 5.32. The van der Waals surface area contributed by atoms with Crippen LogP contribution in [0.3, 0.4) is 0 Å². The van der Waals surface area contributed by atoms with Crippen LogP contribution < -0.4 is 16.0 Å². The minimum Gasteiger partial charge on any atom is -0.381 e. The highest BCUT2D eigenvalue weighted by atomic mass is 16.5. The number of hydrogen-bond acceptors (Lipinski definition) is 5. The molecule has 3 N–H and O–H groups in total. The lowest BCUT2D eigenvalue weighted by atomic mass is 10.2. The third-order valence-corrected chi connectivity index (χ3v) is 3.28. The maximum atomic E-state index is 12.1. The summed E-state index contributed by atoms with van der Waals surface area (Å²) in [6, 6.07) is -0.364. The van der Waals surface area contributed by atoms with Gasteiger partial charge in [0.25, 0.3) is 0 Å². The molecule has 1 saturated heterocycles. The molecule has 0 aliphatic carbocycles. The van der Waals surface area contributed by atoms with Crippen LogP contribution in [0.4, 0.5) is 0 Å². The first-order valence-electron chi connectivity index (χ1n) is 7.60. The Morgan fingerprint density at radius 2 is 1.73 bits per heavy atom. The Morgan fingerprint density at radius 1 is 1.05 bits per heavy atom. The van der Waals surface area contributed by atoms with Gasteiger partial charge in [0.15, 0.2) is 0 Å². The van der Waals surface area contributed by atoms with Gasteiger partial charge in [-0.05, 0) is 26.3 Å². The van der Waals surface area contributed by atoms with Crippen molar-refractivity contribution in [3.63, 3.8) is 0 Å². The monoisotopic (exact) mass is 314 g/mol. The van der Waals surface area contributed by atoms with Gasteiger partial charge in [-0.25, -0.2) is 0 Å². The lowest BCUT2D eigenvalue weighted by Crippen LogP contribution is -2.48. The van der Waals surface area contributed by atoms with E-state index in [4.69, 9.17) is 4.74 Å². The topological polar surface area (TPSA) is 99.8 Å². The molecular weight excluding hydrogens is 288 g/mol. The molecule has 3 amide bonds. The van der Waals surface area contributed by atoms with E-state index in [1.54, 1.807) is 14.0 Å². The molecular formula is C14H26N4O4. The van der Waals surface area contributed by atoms with Crippen LogP contribution in [0.15, 0.2) is 0 Å². The maximum absolute atomic E-state index is 12.1. The minimum absolute atomic E-state index is 0.0682. The Labute approximate surface area is 130 Å². The number of ether oxygens (including phenoxy) is 1. The predicted octanol–water partition coefficient (Wildman–Crippen LogP) is -1.53. The average Bonchev–Trinajstić information content (AvgIpc) is 2.49. The number of likely N-dealkylation sites (N-methyl/N-ethyl adjacent to an activating group) is 1. The molecule has 1 aliphatic rings. The molecule has 0 spiro atoms. The summed E-state index contributed by atoms with van der Waals surface area (Å²) in [5, 5.41) is 8.30. The third kappa shape index (κ3) is 7.37. The van der Waals surface area contributed by atoms with E-state index in [0.717, 1.165) is 12.8 Å². The van der Waals surface area contributed by atoms with Crippen LogP contribution in [0.2, 0.25) is 0 Å². The van der Waals surface area contributed by atoms with Gasteiger partial charge in [-0.1, -0.05) is 0 Å². The van der Waals surface area contributed by atoms with Gasteiger partial charge < -0.3 is 25.6 Å². The SMILES string of the molecule is CC1NCCCOCCCNC(=O)CNC(=O)CN(C)C1=O. The van der Waals surface area contributed by atoms with Gasteiger partial charge >= 0.3 is 0 Å². The molecule has 1 atom stereocenters. The number of carbonyl (C=O) groups excluding carboxylic acids is 3. The molecule has 0 radical (unpaired) electrons. The summed E-state index contributed by atoms with van der Waals surface area (Å²) in [7, 11) is 1.57. The van der Waals surface area contributed by atoms with E-state index in [2.05, 4.69) is 16.0 Å². The van der Waals surface area contributed by atoms with E-state index in [1.165, 1.54) is 4.90 Å². The molecule has 1 aliphatic heterocycles. The van der Waals surface area contributed by atoms with Crippen molar-refractivity contribution in [3.05, 3.63) is 0 Å². The molecule has 1 fully saturated rings. The smallest absolute Gasteiger partial charge is 0.240 e. The molecule has 22 heavy (non-hydrogen) atoms. The van der Waals surface area contributed by atoms with Crippen molar-refractivity contribution in [2.75, 3.05) is 46.4 Å². The highest BCUT2D eigenvalue weighted by molar-refractivity contribution is 5.89. The van der Waals surface area contributed by atoms with Crippen LogP contribution >= 0.6 is 0 Å². The molecule has 0 bridgehead atoms. The lowest BCUT2D eigenvalue weighted by molar-refractivity contribution is -0.136. The third-order valence-electron chi connectivity index (χ3n) is 3.28. The van der Waals surface area contributed by atoms with E-state index in [9.17, 15) is 14.4 Å². The summed E-state index contributed by atoms with van der Waals surface area (Å²) in [4.78, 5) is 36.7. The van der Waals surface area contributed by atoms with Gasteiger partial charge in [-0.3, -0.25) is 14.4 Å². The zero-order valence-electron chi connectivity index (χ0n) is 13.3. The first-order chi connectivity index (χ1) is 10.5. The summed E-state index contributed by atoms with van der Waals surface area (Å²) >= 11 is 0. The normalized spacial score (nSPS) is 24.4. The Kier molecular flexibility index (Phi) is 8.46. The zero-order chi connectivity index (χ0) is 16.4. The molecule has 8 heteroatoms.